The number of amides is 3. The highest BCUT2D eigenvalue weighted by Gasteiger charge is 2.36. The van der Waals surface area contributed by atoms with Gasteiger partial charge >= 0.3 is 5.97 Å². The molecule has 0 bridgehead atoms. The van der Waals surface area contributed by atoms with Gasteiger partial charge in [-0.15, -0.1) is 5.10 Å². The van der Waals surface area contributed by atoms with Crippen molar-refractivity contribution in [2.45, 2.75) is 6.92 Å². The van der Waals surface area contributed by atoms with Crippen molar-refractivity contribution >= 4 is 29.6 Å². The molecule has 25 heavy (non-hydrogen) atoms. The van der Waals surface area contributed by atoms with E-state index >= 15 is 0 Å². The van der Waals surface area contributed by atoms with Crippen LogP contribution in [0, 0.1) is 0 Å². The number of H-pyrrole nitrogens is 1. The normalized spacial score (nSPS) is 12.9. The Kier molecular flexibility index (Phi) is 4.25. The van der Waals surface area contributed by atoms with E-state index in [-0.39, 0.29) is 29.5 Å². The van der Waals surface area contributed by atoms with E-state index < -0.39 is 30.2 Å². The van der Waals surface area contributed by atoms with Crippen LogP contribution < -0.4 is 5.32 Å². The minimum atomic E-state index is -0.712. The van der Waals surface area contributed by atoms with Crippen LogP contribution >= 0.6 is 0 Å². The van der Waals surface area contributed by atoms with Crippen LogP contribution in [0.2, 0.25) is 0 Å². The van der Waals surface area contributed by atoms with E-state index in [2.05, 4.69) is 20.5 Å². The summed E-state index contributed by atoms with van der Waals surface area (Å²) in [6.45, 7) is 1.32. The zero-order valence-electron chi connectivity index (χ0n) is 13.1. The maximum Gasteiger partial charge on any atom is 0.375 e. The standard InChI is InChI=1S/C15H13N5O5/c1-2-25-14(24)11-17-15(19-18-11)16-10(21)7-20-12(22)8-5-3-4-6-9(8)13(20)23/h3-6H,2,7H2,1H3,(H2,16,17,18,19,21). The van der Waals surface area contributed by atoms with Crippen molar-refractivity contribution in [3.8, 4) is 0 Å². The zero-order chi connectivity index (χ0) is 18.0. The van der Waals surface area contributed by atoms with Crippen molar-refractivity contribution in [1.82, 2.24) is 20.1 Å². The van der Waals surface area contributed by atoms with E-state index in [1.54, 1.807) is 19.1 Å². The van der Waals surface area contributed by atoms with Gasteiger partial charge in [0.2, 0.25) is 17.7 Å². The number of esters is 1. The minimum absolute atomic E-state index is 0.162. The van der Waals surface area contributed by atoms with Crippen molar-refractivity contribution in [2.75, 3.05) is 18.5 Å². The molecule has 3 rings (SSSR count). The molecule has 10 heteroatoms. The van der Waals surface area contributed by atoms with Gasteiger partial charge < -0.3 is 4.74 Å². The molecule has 0 aliphatic carbocycles. The molecular weight excluding hydrogens is 330 g/mol. The van der Waals surface area contributed by atoms with Crippen LogP contribution in [0.4, 0.5) is 5.95 Å². The molecule has 2 heterocycles. The monoisotopic (exact) mass is 343 g/mol. The first-order valence-corrected chi connectivity index (χ1v) is 7.36. The van der Waals surface area contributed by atoms with Crippen LogP contribution in [0.1, 0.15) is 38.3 Å². The highest BCUT2D eigenvalue weighted by molar-refractivity contribution is 6.22. The summed E-state index contributed by atoms with van der Waals surface area (Å²) >= 11 is 0. The number of ether oxygens (including phenoxy) is 1. The SMILES string of the molecule is CCOC(=O)c1nc(NC(=O)CN2C(=O)c3ccccc3C2=O)n[nH]1. The van der Waals surface area contributed by atoms with Crippen molar-refractivity contribution in [2.24, 2.45) is 0 Å². The molecule has 0 radical (unpaired) electrons. The van der Waals surface area contributed by atoms with Gasteiger partial charge in [-0.3, -0.25) is 29.7 Å². The van der Waals surface area contributed by atoms with Gasteiger partial charge in [0, 0.05) is 0 Å². The summed E-state index contributed by atoms with van der Waals surface area (Å²) in [6.07, 6.45) is 0. The molecule has 1 aromatic carbocycles. The number of nitrogens with one attached hydrogen (secondary N) is 2. The van der Waals surface area contributed by atoms with Gasteiger partial charge in [-0.2, -0.15) is 4.98 Å². The van der Waals surface area contributed by atoms with Crippen LogP contribution in [-0.4, -0.2) is 56.9 Å². The molecule has 0 spiro atoms. The first-order chi connectivity index (χ1) is 12.0. The van der Waals surface area contributed by atoms with Crippen molar-refractivity contribution in [3.63, 3.8) is 0 Å². The number of rotatable bonds is 5. The first kappa shape index (κ1) is 16.3. The number of aromatic amines is 1. The van der Waals surface area contributed by atoms with Gasteiger partial charge in [-0.1, -0.05) is 12.1 Å². The largest absolute Gasteiger partial charge is 0.460 e. The Morgan fingerprint density at radius 3 is 2.44 bits per heavy atom. The number of aromatic nitrogens is 3. The van der Waals surface area contributed by atoms with Gasteiger partial charge in [0.1, 0.15) is 6.54 Å². The summed E-state index contributed by atoms with van der Waals surface area (Å²) in [4.78, 5) is 52.5. The average molecular weight is 343 g/mol. The Morgan fingerprint density at radius 2 is 1.84 bits per heavy atom. The Balaban J connectivity index is 1.65. The third kappa shape index (κ3) is 3.09. The smallest absolute Gasteiger partial charge is 0.375 e. The van der Waals surface area contributed by atoms with Crippen LogP contribution in [-0.2, 0) is 9.53 Å². The van der Waals surface area contributed by atoms with E-state index in [0.717, 1.165) is 4.90 Å². The molecule has 3 amide bonds. The quantitative estimate of drug-likeness (QED) is 0.585. The lowest BCUT2D eigenvalue weighted by molar-refractivity contribution is -0.116. The summed E-state index contributed by atoms with van der Waals surface area (Å²) in [6, 6.07) is 6.32. The number of nitrogens with zero attached hydrogens (tertiary/aromatic N) is 3. The van der Waals surface area contributed by atoms with Gasteiger partial charge in [0.25, 0.3) is 11.8 Å². The molecular formula is C15H13N5O5. The molecule has 0 fully saturated rings. The summed E-state index contributed by atoms with van der Waals surface area (Å²) in [7, 11) is 0. The summed E-state index contributed by atoms with van der Waals surface area (Å²) < 4.78 is 4.73. The molecule has 128 valence electrons. The first-order valence-electron chi connectivity index (χ1n) is 7.36. The van der Waals surface area contributed by atoms with E-state index in [1.807, 2.05) is 0 Å². The summed E-state index contributed by atoms with van der Waals surface area (Å²) in [5.74, 6) is -2.81. The highest BCUT2D eigenvalue weighted by Crippen LogP contribution is 2.22. The number of fused-ring (bicyclic) bond motifs is 1. The van der Waals surface area contributed by atoms with Gasteiger partial charge in [-0.25, -0.2) is 4.79 Å². The Bertz CT molecular complexity index is 840. The molecule has 1 aliphatic heterocycles. The molecule has 0 saturated carbocycles. The van der Waals surface area contributed by atoms with Gasteiger partial charge in [0.05, 0.1) is 17.7 Å². The summed E-state index contributed by atoms with van der Waals surface area (Å²) in [5, 5.41) is 8.29. The topological polar surface area (TPSA) is 134 Å². The number of imide groups is 1. The highest BCUT2D eigenvalue weighted by atomic mass is 16.5. The number of carbonyl (C=O) groups excluding carboxylic acids is 4. The van der Waals surface area contributed by atoms with E-state index in [0.29, 0.717) is 0 Å². The third-order valence-corrected chi connectivity index (χ3v) is 3.39. The Hall–Kier alpha value is -3.56. The van der Waals surface area contributed by atoms with Crippen molar-refractivity contribution in [3.05, 3.63) is 41.2 Å². The average Bonchev–Trinajstić information content (AvgIpc) is 3.15. The third-order valence-electron chi connectivity index (χ3n) is 3.39. The minimum Gasteiger partial charge on any atom is -0.460 e. The fraction of sp³-hybridized carbons (Fsp3) is 0.200. The van der Waals surface area contributed by atoms with E-state index in [1.165, 1.54) is 12.1 Å². The second-order valence-corrected chi connectivity index (χ2v) is 5.02. The number of benzene rings is 1. The van der Waals surface area contributed by atoms with E-state index in [4.69, 9.17) is 4.74 Å². The Morgan fingerprint density at radius 1 is 1.20 bits per heavy atom. The molecule has 2 N–H and O–H groups in total. The van der Waals surface area contributed by atoms with Gasteiger partial charge in [-0.05, 0) is 19.1 Å². The maximum atomic E-state index is 12.2. The molecule has 1 aromatic heterocycles. The molecule has 1 aliphatic rings. The molecule has 0 unspecified atom stereocenters. The second kappa shape index (κ2) is 6.51. The van der Waals surface area contributed by atoms with Crippen LogP contribution in [0.5, 0.6) is 0 Å². The van der Waals surface area contributed by atoms with Crippen LogP contribution in [0.3, 0.4) is 0 Å². The number of anilines is 1. The summed E-state index contributed by atoms with van der Waals surface area (Å²) in [5.41, 5.74) is 0.505. The number of hydrogen-bond donors (Lipinski definition) is 2. The zero-order valence-corrected chi connectivity index (χ0v) is 13.1. The second-order valence-electron chi connectivity index (χ2n) is 5.02. The van der Waals surface area contributed by atoms with Gasteiger partial charge in [0.15, 0.2) is 0 Å². The predicted octanol–water partition coefficient (Wildman–Crippen LogP) is 0.216. The maximum absolute atomic E-state index is 12.2. The number of hydrogen-bond acceptors (Lipinski definition) is 7. The van der Waals surface area contributed by atoms with Crippen molar-refractivity contribution in [1.29, 1.82) is 0 Å². The molecule has 0 atom stereocenters. The molecule has 0 saturated heterocycles. The lowest BCUT2D eigenvalue weighted by atomic mass is 10.1. The predicted molar refractivity (Wildman–Crippen MR) is 82.8 cm³/mol. The van der Waals surface area contributed by atoms with E-state index in [9.17, 15) is 19.2 Å². The lowest BCUT2D eigenvalue weighted by Gasteiger charge is -2.12. The van der Waals surface area contributed by atoms with Crippen molar-refractivity contribution < 1.29 is 23.9 Å². The molecule has 10 nitrogen and oxygen atoms in total. The number of carbonyl (C=O) groups is 4. The van der Waals surface area contributed by atoms with Crippen LogP contribution in [0.25, 0.3) is 0 Å². The lowest BCUT2D eigenvalue weighted by Crippen LogP contribution is -2.37. The Labute approximate surface area is 141 Å². The van der Waals surface area contributed by atoms with Crippen LogP contribution in [0.15, 0.2) is 24.3 Å². The fourth-order valence-corrected chi connectivity index (χ4v) is 2.30. The fourth-order valence-electron chi connectivity index (χ4n) is 2.30. The molecule has 2 aromatic rings.